The molecule has 9 nitrogen and oxygen atoms in total. The first kappa shape index (κ1) is 23.1. The summed E-state index contributed by atoms with van der Waals surface area (Å²) in [6.07, 6.45) is -6.05. The fraction of sp³-hybridized carbons (Fsp3) is 0.250. The summed E-state index contributed by atoms with van der Waals surface area (Å²) in [5.74, 6) is -3.12. The molecule has 0 saturated carbocycles. The normalized spacial score (nSPS) is 19.6. The predicted octanol–water partition coefficient (Wildman–Crippen LogP) is 2.30. The number of aliphatic hydroxyl groups excluding tert-OH is 1. The van der Waals surface area contributed by atoms with Crippen molar-refractivity contribution in [1.82, 2.24) is 4.72 Å². The van der Waals surface area contributed by atoms with Gasteiger partial charge in [0.1, 0.15) is 23.4 Å². The Hall–Kier alpha value is -3.56. The maximum Gasteiger partial charge on any atom is 0.303 e. The number of hydrogen-bond acceptors (Lipinski definition) is 8. The Morgan fingerprint density at radius 2 is 1.88 bits per heavy atom. The van der Waals surface area contributed by atoms with Gasteiger partial charge in [-0.3, -0.25) is 9.59 Å². The van der Waals surface area contributed by atoms with Crippen molar-refractivity contribution < 1.29 is 41.4 Å². The van der Waals surface area contributed by atoms with Crippen LogP contribution in [0.5, 0.6) is 11.5 Å². The number of nitrogens with zero attached hydrogens (tertiary/aromatic N) is 1. The lowest BCUT2D eigenvalue weighted by Crippen LogP contribution is -2.29. The van der Waals surface area contributed by atoms with Crippen molar-refractivity contribution in [3.8, 4) is 17.6 Å². The van der Waals surface area contributed by atoms with Crippen molar-refractivity contribution in [3.05, 3.63) is 52.8 Å². The lowest BCUT2D eigenvalue weighted by Gasteiger charge is -2.18. The van der Waals surface area contributed by atoms with Gasteiger partial charge in [0.25, 0.3) is 10.0 Å². The Balaban J connectivity index is 2.22. The second-order valence-electron chi connectivity index (χ2n) is 6.86. The average molecular weight is 466 g/mol. The van der Waals surface area contributed by atoms with Crippen LogP contribution in [0.4, 0.5) is 8.78 Å². The van der Waals surface area contributed by atoms with Gasteiger partial charge in [0.15, 0.2) is 12.3 Å². The first-order chi connectivity index (χ1) is 14.9. The molecule has 1 amide bonds. The van der Waals surface area contributed by atoms with E-state index in [1.54, 1.807) is 10.8 Å². The zero-order valence-electron chi connectivity index (χ0n) is 16.6. The number of nitriles is 1. The molecule has 0 aliphatic heterocycles. The van der Waals surface area contributed by atoms with Crippen LogP contribution in [0.15, 0.2) is 35.2 Å². The Labute approximate surface area is 181 Å². The van der Waals surface area contributed by atoms with E-state index in [4.69, 9.17) is 14.7 Å². The topological polar surface area (TPSA) is 143 Å². The number of hydrogen-bond donors (Lipinski definition) is 2. The lowest BCUT2D eigenvalue weighted by molar-refractivity contribution is -0.151. The first-order valence-electron chi connectivity index (χ1n) is 9.02. The van der Waals surface area contributed by atoms with Crippen molar-refractivity contribution >= 4 is 21.9 Å². The lowest BCUT2D eigenvalue weighted by atomic mass is 10.1. The third kappa shape index (κ3) is 4.39. The minimum atomic E-state index is -4.53. The Kier molecular flexibility index (Phi) is 6.16. The van der Waals surface area contributed by atoms with Crippen LogP contribution in [0, 0.1) is 17.1 Å². The van der Waals surface area contributed by atoms with Crippen molar-refractivity contribution in [2.75, 3.05) is 0 Å². The minimum Gasteiger partial charge on any atom is -0.457 e. The maximum atomic E-state index is 14.9. The van der Waals surface area contributed by atoms with Crippen LogP contribution >= 0.6 is 0 Å². The third-order valence-electron chi connectivity index (χ3n) is 4.47. The highest BCUT2D eigenvalue weighted by atomic mass is 32.2. The second-order valence-corrected chi connectivity index (χ2v) is 8.51. The standard InChI is InChI=1S/C20H16F2N2O7S/c1-9(25)24-32(28,29)15-4-3-14(31-13-6-11(8-23)5-12(21)7-13)16-17(15)20(30-10(2)26)18(22)19(16)27/h3-7,18-20,27H,1-2H3,(H,24,25)/t18?,19-,20?/m1/s1. The summed E-state index contributed by atoms with van der Waals surface area (Å²) >= 11 is 0. The summed E-state index contributed by atoms with van der Waals surface area (Å²) in [5, 5.41) is 19.5. The molecule has 1 aliphatic carbocycles. The van der Waals surface area contributed by atoms with Crippen molar-refractivity contribution in [1.29, 1.82) is 5.26 Å². The van der Waals surface area contributed by atoms with Gasteiger partial charge in [-0.1, -0.05) is 0 Å². The number of alkyl halides is 1. The number of ether oxygens (including phenoxy) is 2. The molecule has 0 fully saturated rings. The molecule has 12 heteroatoms. The van der Waals surface area contributed by atoms with E-state index in [0.29, 0.717) is 0 Å². The molecule has 0 radical (unpaired) electrons. The van der Waals surface area contributed by atoms with Gasteiger partial charge in [-0.25, -0.2) is 21.9 Å². The summed E-state index contributed by atoms with van der Waals surface area (Å²) in [5.41, 5.74) is -0.871. The smallest absolute Gasteiger partial charge is 0.303 e. The van der Waals surface area contributed by atoms with Crippen molar-refractivity contribution in [2.24, 2.45) is 0 Å². The highest BCUT2D eigenvalue weighted by Gasteiger charge is 2.48. The number of amides is 1. The number of fused-ring (bicyclic) bond motifs is 1. The van der Waals surface area contributed by atoms with Crippen LogP contribution in [0.25, 0.3) is 0 Å². The van der Waals surface area contributed by atoms with E-state index in [1.807, 2.05) is 0 Å². The molecule has 2 unspecified atom stereocenters. The molecule has 2 aromatic carbocycles. The molecule has 1 aliphatic rings. The summed E-state index contributed by atoms with van der Waals surface area (Å²) in [7, 11) is -4.53. The number of nitrogens with one attached hydrogen (secondary N) is 1. The van der Waals surface area contributed by atoms with Crippen LogP contribution in [0.3, 0.4) is 0 Å². The van der Waals surface area contributed by atoms with Gasteiger partial charge in [-0.2, -0.15) is 5.26 Å². The van der Waals surface area contributed by atoms with Crippen LogP contribution in [0.2, 0.25) is 0 Å². The van der Waals surface area contributed by atoms with E-state index in [9.17, 15) is 31.9 Å². The van der Waals surface area contributed by atoms with Gasteiger partial charge in [0.2, 0.25) is 5.91 Å². The number of benzene rings is 2. The SMILES string of the molecule is CC(=O)NS(=O)(=O)c1ccc(Oc2cc(F)cc(C#N)c2)c2c1C(OC(C)=O)C(F)[C@@H]2O. The van der Waals surface area contributed by atoms with Crippen LogP contribution in [-0.2, 0) is 24.3 Å². The molecule has 2 N–H and O–H groups in total. The van der Waals surface area contributed by atoms with Gasteiger partial charge in [0, 0.05) is 31.0 Å². The highest BCUT2D eigenvalue weighted by molar-refractivity contribution is 7.90. The third-order valence-corrected chi connectivity index (χ3v) is 5.96. The van der Waals surface area contributed by atoms with Crippen LogP contribution in [-0.4, -0.2) is 31.6 Å². The number of rotatable bonds is 5. The van der Waals surface area contributed by atoms with Gasteiger partial charge in [-0.15, -0.1) is 0 Å². The van der Waals surface area contributed by atoms with E-state index in [2.05, 4.69) is 0 Å². The fourth-order valence-electron chi connectivity index (χ4n) is 3.36. The van der Waals surface area contributed by atoms with Crippen LogP contribution < -0.4 is 9.46 Å². The quantitative estimate of drug-likeness (QED) is 0.639. The first-order valence-corrected chi connectivity index (χ1v) is 10.5. The van der Waals surface area contributed by atoms with Gasteiger partial charge >= 0.3 is 5.97 Å². The summed E-state index contributed by atoms with van der Waals surface area (Å²) in [4.78, 5) is 22.2. The largest absolute Gasteiger partial charge is 0.457 e. The highest BCUT2D eigenvalue weighted by Crippen LogP contribution is 2.50. The summed E-state index contributed by atoms with van der Waals surface area (Å²) in [6, 6.07) is 6.81. The van der Waals surface area contributed by atoms with Crippen LogP contribution in [0.1, 0.15) is 42.7 Å². The summed E-state index contributed by atoms with van der Waals surface area (Å²) < 4.78 is 66.1. The van der Waals surface area contributed by atoms with Crippen molar-refractivity contribution in [3.63, 3.8) is 0 Å². The van der Waals surface area contributed by atoms with E-state index in [0.717, 1.165) is 38.1 Å². The average Bonchev–Trinajstić information content (AvgIpc) is 2.92. The Morgan fingerprint density at radius 1 is 1.19 bits per heavy atom. The molecule has 0 aromatic heterocycles. The number of halogens is 2. The zero-order valence-corrected chi connectivity index (χ0v) is 17.4. The number of carbonyl (C=O) groups is 2. The van der Waals surface area contributed by atoms with Gasteiger partial charge in [-0.05, 0) is 24.3 Å². The molecule has 2 aromatic rings. The van der Waals surface area contributed by atoms with E-state index in [-0.39, 0.29) is 22.6 Å². The molecule has 0 heterocycles. The monoisotopic (exact) mass is 466 g/mol. The molecule has 0 bridgehead atoms. The molecular weight excluding hydrogens is 450 g/mol. The molecule has 3 rings (SSSR count). The molecule has 168 valence electrons. The maximum absolute atomic E-state index is 14.9. The minimum absolute atomic E-state index is 0.0804. The van der Waals surface area contributed by atoms with Gasteiger partial charge < -0.3 is 14.6 Å². The number of carbonyl (C=O) groups excluding carboxylic acids is 2. The predicted molar refractivity (Wildman–Crippen MR) is 103 cm³/mol. The number of esters is 1. The molecule has 0 spiro atoms. The Bertz CT molecular complexity index is 1260. The van der Waals surface area contributed by atoms with Gasteiger partial charge in [0.05, 0.1) is 16.5 Å². The Morgan fingerprint density at radius 3 is 2.47 bits per heavy atom. The molecule has 3 atom stereocenters. The van der Waals surface area contributed by atoms with E-state index in [1.165, 1.54) is 6.07 Å². The van der Waals surface area contributed by atoms with E-state index >= 15 is 0 Å². The number of sulfonamides is 1. The van der Waals surface area contributed by atoms with E-state index < -0.39 is 56.6 Å². The zero-order chi connectivity index (χ0) is 23.8. The molecule has 0 saturated heterocycles. The van der Waals surface area contributed by atoms with Crippen molar-refractivity contribution in [2.45, 2.75) is 37.1 Å². The second kappa shape index (κ2) is 8.52. The summed E-state index contributed by atoms with van der Waals surface area (Å²) in [6.45, 7) is 1.91. The number of aliphatic hydroxyl groups is 1. The molecular formula is C20H16F2N2O7S. The fourth-order valence-corrected chi connectivity index (χ4v) is 4.61. The molecule has 32 heavy (non-hydrogen) atoms.